The number of hydrogen-bond donors (Lipinski definition) is 2. The summed E-state index contributed by atoms with van der Waals surface area (Å²) in [6, 6.07) is 2.34. The van der Waals surface area contributed by atoms with Crippen molar-refractivity contribution >= 4 is 22.9 Å². The van der Waals surface area contributed by atoms with Gasteiger partial charge in [0.25, 0.3) is 0 Å². The summed E-state index contributed by atoms with van der Waals surface area (Å²) in [4.78, 5) is 15.5. The maximum Gasteiger partial charge on any atom is 0.181 e. The van der Waals surface area contributed by atoms with Crippen LogP contribution in [0.3, 0.4) is 0 Å². The van der Waals surface area contributed by atoms with Crippen molar-refractivity contribution in [2.24, 2.45) is 0 Å². The molecular weight excluding hydrogens is 272 g/mol. The molecule has 0 aliphatic heterocycles. The lowest BCUT2D eigenvalue weighted by Gasteiger charge is -2.22. The summed E-state index contributed by atoms with van der Waals surface area (Å²) in [5.74, 6) is 0.911. The maximum atomic E-state index is 9.19. The fraction of sp³-hybridized carbons (Fsp3) is 0.538. The van der Waals surface area contributed by atoms with E-state index in [0.717, 1.165) is 35.7 Å². The highest BCUT2D eigenvalue weighted by Crippen LogP contribution is 2.24. The van der Waals surface area contributed by atoms with E-state index in [1.807, 2.05) is 13.8 Å². The van der Waals surface area contributed by atoms with Gasteiger partial charge in [-0.2, -0.15) is 5.26 Å². The molecule has 0 fully saturated rings. The Morgan fingerprint density at radius 2 is 2.30 bits per heavy atom. The van der Waals surface area contributed by atoms with Crippen LogP contribution >= 0.6 is 11.8 Å². The van der Waals surface area contributed by atoms with E-state index in [1.54, 1.807) is 18.1 Å². The van der Waals surface area contributed by atoms with Crippen molar-refractivity contribution in [2.75, 3.05) is 12.3 Å². The summed E-state index contributed by atoms with van der Waals surface area (Å²) in [6.45, 7) is 4.76. The minimum absolute atomic E-state index is 0.440. The van der Waals surface area contributed by atoms with Gasteiger partial charge >= 0.3 is 0 Å². The first-order chi connectivity index (χ1) is 9.68. The second-order valence-corrected chi connectivity index (χ2v) is 5.79. The van der Waals surface area contributed by atoms with E-state index in [0.29, 0.717) is 5.65 Å². The van der Waals surface area contributed by atoms with E-state index in [9.17, 15) is 5.26 Å². The number of H-pyrrole nitrogens is 1. The number of aromatic amines is 1. The molecule has 2 aromatic heterocycles. The first-order valence-electron chi connectivity index (χ1n) is 6.61. The molecule has 1 unspecified atom stereocenters. The molecule has 2 aromatic rings. The number of nitrogens with one attached hydrogen (secondary N) is 2. The number of rotatable bonds is 7. The molecule has 20 heavy (non-hydrogen) atoms. The van der Waals surface area contributed by atoms with E-state index in [-0.39, 0.29) is 0 Å². The van der Waals surface area contributed by atoms with Crippen LogP contribution in [-0.2, 0) is 0 Å². The Labute approximate surface area is 122 Å². The Balaban J connectivity index is 1.88. The van der Waals surface area contributed by atoms with Gasteiger partial charge in [-0.25, -0.2) is 15.0 Å². The molecule has 0 saturated carbocycles. The van der Waals surface area contributed by atoms with Crippen LogP contribution < -0.4 is 5.32 Å². The van der Waals surface area contributed by atoms with Gasteiger partial charge in [0.2, 0.25) is 0 Å². The maximum absolute atomic E-state index is 9.19. The van der Waals surface area contributed by atoms with Crippen LogP contribution in [0.1, 0.15) is 26.7 Å². The third kappa shape index (κ3) is 3.46. The van der Waals surface area contributed by atoms with E-state index in [2.05, 4.69) is 31.3 Å². The first kappa shape index (κ1) is 14.8. The van der Waals surface area contributed by atoms with E-state index < -0.39 is 5.54 Å². The Bertz CT molecular complexity index is 604. The largest absolute Gasteiger partial charge is 0.341 e. The van der Waals surface area contributed by atoms with Gasteiger partial charge in [0.1, 0.15) is 22.4 Å². The fourth-order valence-corrected chi connectivity index (χ4v) is 2.92. The van der Waals surface area contributed by atoms with Gasteiger partial charge in [0.15, 0.2) is 5.65 Å². The molecule has 2 heterocycles. The van der Waals surface area contributed by atoms with Gasteiger partial charge in [0, 0.05) is 0 Å². The summed E-state index contributed by atoms with van der Waals surface area (Å²) in [6.07, 6.45) is 4.92. The zero-order valence-corrected chi connectivity index (χ0v) is 12.5. The highest BCUT2D eigenvalue weighted by molar-refractivity contribution is 7.99. The highest BCUT2D eigenvalue weighted by atomic mass is 32.2. The summed E-state index contributed by atoms with van der Waals surface area (Å²) < 4.78 is 0. The van der Waals surface area contributed by atoms with E-state index in [1.165, 1.54) is 6.33 Å². The fourth-order valence-electron chi connectivity index (χ4n) is 2.02. The Kier molecular flexibility index (Phi) is 4.93. The zero-order valence-electron chi connectivity index (χ0n) is 11.7. The molecule has 1 atom stereocenters. The molecule has 0 radical (unpaired) electrons. The van der Waals surface area contributed by atoms with Crippen LogP contribution in [0.5, 0.6) is 0 Å². The monoisotopic (exact) mass is 290 g/mol. The summed E-state index contributed by atoms with van der Waals surface area (Å²) in [7, 11) is 0. The number of aromatic nitrogens is 4. The lowest BCUT2D eigenvalue weighted by molar-refractivity contribution is 0.426. The molecule has 0 saturated heterocycles. The summed E-state index contributed by atoms with van der Waals surface area (Å²) in [5, 5.41) is 13.3. The van der Waals surface area contributed by atoms with Gasteiger partial charge in [-0.05, 0) is 32.1 Å². The standard InChI is InChI=1S/C13H18N6S/c1-3-19-13(2,7-14)5-4-6-20-12-10-11(16-8-15-10)17-9-18-12/h8-9,19H,3-6H2,1-2H3,(H,15,16,17,18). The van der Waals surface area contributed by atoms with Crippen LogP contribution in [0, 0.1) is 11.3 Å². The number of imidazole rings is 1. The molecule has 6 nitrogen and oxygen atoms in total. The third-order valence-electron chi connectivity index (χ3n) is 3.06. The molecule has 0 spiro atoms. The number of nitriles is 1. The van der Waals surface area contributed by atoms with Crippen LogP contribution in [0.15, 0.2) is 17.7 Å². The highest BCUT2D eigenvalue weighted by Gasteiger charge is 2.21. The lowest BCUT2D eigenvalue weighted by Crippen LogP contribution is -2.40. The van der Waals surface area contributed by atoms with Gasteiger partial charge in [-0.3, -0.25) is 5.32 Å². The second kappa shape index (κ2) is 6.68. The zero-order chi connectivity index (χ0) is 14.4. The number of fused-ring (bicyclic) bond motifs is 1. The number of nitrogens with zero attached hydrogens (tertiary/aromatic N) is 4. The molecule has 0 amide bonds. The lowest BCUT2D eigenvalue weighted by atomic mass is 9.98. The first-order valence-corrected chi connectivity index (χ1v) is 7.60. The van der Waals surface area contributed by atoms with Crippen LogP contribution in [-0.4, -0.2) is 37.8 Å². The molecule has 106 valence electrons. The molecule has 0 aliphatic rings. The van der Waals surface area contributed by atoms with Crippen molar-refractivity contribution in [3.05, 3.63) is 12.7 Å². The molecule has 0 bridgehead atoms. The van der Waals surface area contributed by atoms with E-state index in [4.69, 9.17) is 0 Å². The Morgan fingerprint density at radius 1 is 1.45 bits per heavy atom. The van der Waals surface area contributed by atoms with Crippen molar-refractivity contribution in [1.82, 2.24) is 25.3 Å². The van der Waals surface area contributed by atoms with Crippen molar-refractivity contribution in [3.8, 4) is 6.07 Å². The topological polar surface area (TPSA) is 90.3 Å². The number of thioether (sulfide) groups is 1. The van der Waals surface area contributed by atoms with Crippen molar-refractivity contribution in [2.45, 2.75) is 37.3 Å². The van der Waals surface area contributed by atoms with Gasteiger partial charge in [0.05, 0.1) is 12.4 Å². The summed E-state index contributed by atoms with van der Waals surface area (Å²) in [5.41, 5.74) is 1.13. The Morgan fingerprint density at radius 3 is 3.05 bits per heavy atom. The third-order valence-corrected chi connectivity index (χ3v) is 4.14. The minimum Gasteiger partial charge on any atom is -0.341 e. The van der Waals surface area contributed by atoms with E-state index >= 15 is 0 Å². The minimum atomic E-state index is -0.440. The molecule has 0 aromatic carbocycles. The van der Waals surface area contributed by atoms with Gasteiger partial charge in [-0.1, -0.05) is 6.92 Å². The van der Waals surface area contributed by atoms with Crippen molar-refractivity contribution < 1.29 is 0 Å². The normalized spacial score (nSPS) is 14.1. The molecule has 7 heteroatoms. The smallest absolute Gasteiger partial charge is 0.181 e. The van der Waals surface area contributed by atoms with Crippen LogP contribution in [0.25, 0.3) is 11.2 Å². The SMILES string of the molecule is CCNC(C)(C#N)CCCSc1ncnc2nc[nH]c12. The summed E-state index contributed by atoms with van der Waals surface area (Å²) >= 11 is 1.66. The predicted molar refractivity (Wildman–Crippen MR) is 79.3 cm³/mol. The van der Waals surface area contributed by atoms with Crippen molar-refractivity contribution in [1.29, 1.82) is 5.26 Å². The molecule has 2 N–H and O–H groups in total. The molecule has 2 rings (SSSR count). The average Bonchev–Trinajstić information content (AvgIpc) is 2.93. The van der Waals surface area contributed by atoms with Crippen LogP contribution in [0.4, 0.5) is 0 Å². The van der Waals surface area contributed by atoms with Crippen LogP contribution in [0.2, 0.25) is 0 Å². The predicted octanol–water partition coefficient (Wildman–Crippen LogP) is 2.12. The number of hydrogen-bond acceptors (Lipinski definition) is 6. The van der Waals surface area contributed by atoms with Gasteiger partial charge in [-0.15, -0.1) is 11.8 Å². The van der Waals surface area contributed by atoms with Crippen molar-refractivity contribution in [3.63, 3.8) is 0 Å². The second-order valence-electron chi connectivity index (χ2n) is 4.71. The average molecular weight is 290 g/mol. The molecule has 0 aliphatic carbocycles. The quantitative estimate of drug-likeness (QED) is 0.461. The molecular formula is C13H18N6S. The van der Waals surface area contributed by atoms with Gasteiger partial charge < -0.3 is 4.98 Å². The Hall–Kier alpha value is -1.65.